The predicted octanol–water partition coefficient (Wildman–Crippen LogP) is 1.69. The molecule has 2 rings (SSSR count). The summed E-state index contributed by atoms with van der Waals surface area (Å²) in [5.74, 6) is -1.41. The maximum Gasteiger partial charge on any atom is 0.308 e. The summed E-state index contributed by atoms with van der Waals surface area (Å²) >= 11 is 0. The number of carbonyl (C=O) groups is 2. The van der Waals surface area contributed by atoms with Gasteiger partial charge in [0.1, 0.15) is 5.75 Å². The van der Waals surface area contributed by atoms with E-state index in [4.69, 9.17) is 5.11 Å². The molecule has 0 bridgehead atoms. The van der Waals surface area contributed by atoms with Gasteiger partial charge in [-0.2, -0.15) is 0 Å². The quantitative estimate of drug-likeness (QED) is 0.781. The molecule has 0 saturated heterocycles. The summed E-state index contributed by atoms with van der Waals surface area (Å²) in [6.07, 6.45) is 3.32. The van der Waals surface area contributed by atoms with Crippen LogP contribution >= 0.6 is 0 Å². The molecule has 5 heteroatoms. The van der Waals surface area contributed by atoms with Crippen LogP contribution in [0.5, 0.6) is 5.75 Å². The topological polar surface area (TPSA) is 86.6 Å². The normalized spacial score (nSPS) is 22.2. The summed E-state index contributed by atoms with van der Waals surface area (Å²) in [6, 6.07) is 6.23. The molecule has 1 aliphatic rings. The van der Waals surface area contributed by atoms with E-state index in [1.54, 1.807) is 18.2 Å². The molecule has 1 saturated carbocycles. The fourth-order valence-corrected chi connectivity index (χ4v) is 2.71. The number of phenolic OH excluding ortho intramolecular Hbond substituents is 1. The molecule has 5 nitrogen and oxygen atoms in total. The summed E-state index contributed by atoms with van der Waals surface area (Å²) in [6.45, 7) is 0. The molecule has 1 fully saturated rings. The van der Waals surface area contributed by atoms with Gasteiger partial charge in [0, 0.05) is 6.04 Å². The number of benzene rings is 1. The summed E-state index contributed by atoms with van der Waals surface area (Å²) in [5.41, 5.74) is 0.713. The van der Waals surface area contributed by atoms with E-state index in [1.807, 2.05) is 0 Å². The molecular formula is C15H19NO4. The molecule has 0 spiro atoms. The summed E-state index contributed by atoms with van der Waals surface area (Å²) < 4.78 is 0. The third-order valence-electron chi connectivity index (χ3n) is 3.70. The zero-order chi connectivity index (χ0) is 14.5. The van der Waals surface area contributed by atoms with E-state index in [1.165, 1.54) is 6.07 Å². The van der Waals surface area contributed by atoms with Gasteiger partial charge >= 0.3 is 5.97 Å². The fourth-order valence-electron chi connectivity index (χ4n) is 2.71. The number of aliphatic carboxylic acids is 1. The van der Waals surface area contributed by atoms with Gasteiger partial charge in [-0.15, -0.1) is 0 Å². The summed E-state index contributed by atoms with van der Waals surface area (Å²) in [5, 5.41) is 21.3. The number of nitrogens with one attached hydrogen (secondary N) is 1. The molecule has 0 heterocycles. The fraction of sp³-hybridized carbons (Fsp3) is 0.467. The first kappa shape index (κ1) is 14.4. The van der Waals surface area contributed by atoms with Gasteiger partial charge in [0.2, 0.25) is 5.91 Å². The van der Waals surface area contributed by atoms with E-state index < -0.39 is 11.9 Å². The first-order chi connectivity index (χ1) is 9.56. The van der Waals surface area contributed by atoms with Crippen LogP contribution in [-0.2, 0) is 16.0 Å². The minimum absolute atomic E-state index is 0.122. The molecule has 108 valence electrons. The van der Waals surface area contributed by atoms with Crippen LogP contribution in [0.1, 0.15) is 31.2 Å². The number of hydrogen-bond acceptors (Lipinski definition) is 3. The largest absolute Gasteiger partial charge is 0.508 e. The molecule has 1 amide bonds. The Hall–Kier alpha value is -2.04. The van der Waals surface area contributed by atoms with Crippen molar-refractivity contribution >= 4 is 11.9 Å². The van der Waals surface area contributed by atoms with Crippen molar-refractivity contribution < 1.29 is 19.8 Å². The number of carboxylic acids is 1. The lowest BCUT2D eigenvalue weighted by molar-refractivity contribution is -0.144. The number of rotatable bonds is 4. The van der Waals surface area contributed by atoms with Gasteiger partial charge in [-0.05, 0) is 30.5 Å². The number of amides is 1. The predicted molar refractivity (Wildman–Crippen MR) is 73.3 cm³/mol. The highest BCUT2D eigenvalue weighted by Gasteiger charge is 2.31. The molecule has 0 aromatic heterocycles. The summed E-state index contributed by atoms with van der Waals surface area (Å²) in [4.78, 5) is 23.1. The molecule has 0 aliphatic heterocycles. The minimum atomic E-state index is -0.840. The van der Waals surface area contributed by atoms with Crippen LogP contribution in [0.15, 0.2) is 24.3 Å². The van der Waals surface area contributed by atoms with Crippen LogP contribution in [0.25, 0.3) is 0 Å². The van der Waals surface area contributed by atoms with Gasteiger partial charge in [-0.3, -0.25) is 9.59 Å². The van der Waals surface area contributed by atoms with Gasteiger partial charge in [-0.1, -0.05) is 25.0 Å². The average molecular weight is 277 g/mol. The first-order valence-electron chi connectivity index (χ1n) is 6.86. The van der Waals surface area contributed by atoms with E-state index in [9.17, 15) is 14.7 Å². The Balaban J connectivity index is 1.94. The van der Waals surface area contributed by atoms with Gasteiger partial charge < -0.3 is 15.5 Å². The lowest BCUT2D eigenvalue weighted by Gasteiger charge is -2.29. The molecule has 0 radical (unpaired) electrons. The van der Waals surface area contributed by atoms with Crippen molar-refractivity contribution in [1.82, 2.24) is 5.32 Å². The van der Waals surface area contributed by atoms with E-state index >= 15 is 0 Å². The second-order valence-electron chi connectivity index (χ2n) is 5.25. The van der Waals surface area contributed by atoms with E-state index in [0.717, 1.165) is 12.8 Å². The van der Waals surface area contributed by atoms with Crippen LogP contribution < -0.4 is 5.32 Å². The van der Waals surface area contributed by atoms with Gasteiger partial charge in [-0.25, -0.2) is 0 Å². The van der Waals surface area contributed by atoms with Gasteiger partial charge in [0.05, 0.1) is 12.3 Å². The standard InChI is InChI=1S/C15H19NO4/c17-11-5-3-4-10(8-11)9-14(18)16-13-7-2-1-6-12(13)15(19)20/h3-5,8,12-13,17H,1-2,6-7,9H2,(H,16,18)(H,19,20)/t12-,13+/m1/s1. The molecule has 1 aromatic carbocycles. The highest BCUT2D eigenvalue weighted by molar-refractivity contribution is 5.80. The smallest absolute Gasteiger partial charge is 0.308 e. The number of carboxylic acid groups (broad SMARTS) is 1. The van der Waals surface area contributed by atoms with Crippen molar-refractivity contribution in [3.8, 4) is 5.75 Å². The van der Waals surface area contributed by atoms with Gasteiger partial charge in [0.15, 0.2) is 0 Å². The third-order valence-corrected chi connectivity index (χ3v) is 3.70. The van der Waals surface area contributed by atoms with Crippen molar-refractivity contribution in [3.63, 3.8) is 0 Å². The van der Waals surface area contributed by atoms with Crippen LogP contribution in [0, 0.1) is 5.92 Å². The highest BCUT2D eigenvalue weighted by atomic mass is 16.4. The van der Waals surface area contributed by atoms with Crippen molar-refractivity contribution in [2.45, 2.75) is 38.1 Å². The van der Waals surface area contributed by atoms with E-state index in [0.29, 0.717) is 18.4 Å². The number of hydrogen-bond donors (Lipinski definition) is 3. The first-order valence-corrected chi connectivity index (χ1v) is 6.86. The van der Waals surface area contributed by atoms with E-state index in [-0.39, 0.29) is 24.1 Å². The highest BCUT2D eigenvalue weighted by Crippen LogP contribution is 2.24. The number of phenols is 1. The van der Waals surface area contributed by atoms with Crippen LogP contribution in [-0.4, -0.2) is 28.1 Å². The Labute approximate surface area is 117 Å². The summed E-state index contributed by atoms with van der Waals surface area (Å²) in [7, 11) is 0. The SMILES string of the molecule is O=C(Cc1cccc(O)c1)N[C@H]1CCCC[C@H]1C(=O)O. The second kappa shape index (κ2) is 6.41. The van der Waals surface area contributed by atoms with E-state index in [2.05, 4.69) is 5.32 Å². The molecule has 0 unspecified atom stereocenters. The number of carbonyl (C=O) groups excluding carboxylic acids is 1. The van der Waals surface area contributed by atoms with Gasteiger partial charge in [0.25, 0.3) is 0 Å². The van der Waals surface area contributed by atoms with Crippen LogP contribution in [0.2, 0.25) is 0 Å². The lowest BCUT2D eigenvalue weighted by Crippen LogP contribution is -2.45. The maximum absolute atomic E-state index is 12.0. The molecule has 1 aromatic rings. The zero-order valence-electron chi connectivity index (χ0n) is 11.2. The Morgan fingerprint density at radius 2 is 2.00 bits per heavy atom. The Morgan fingerprint density at radius 1 is 1.25 bits per heavy atom. The lowest BCUT2D eigenvalue weighted by atomic mass is 9.84. The van der Waals surface area contributed by atoms with Crippen molar-refractivity contribution in [2.24, 2.45) is 5.92 Å². The van der Waals surface area contributed by atoms with Crippen LogP contribution in [0.3, 0.4) is 0 Å². The molecule has 1 aliphatic carbocycles. The molecule has 2 atom stereocenters. The number of aromatic hydroxyl groups is 1. The Kier molecular flexibility index (Phi) is 4.61. The third kappa shape index (κ3) is 3.73. The molecular weight excluding hydrogens is 258 g/mol. The maximum atomic E-state index is 12.0. The zero-order valence-corrected chi connectivity index (χ0v) is 11.2. The van der Waals surface area contributed by atoms with Crippen molar-refractivity contribution in [3.05, 3.63) is 29.8 Å². The Bertz CT molecular complexity index is 500. The minimum Gasteiger partial charge on any atom is -0.508 e. The second-order valence-corrected chi connectivity index (χ2v) is 5.25. The molecule has 3 N–H and O–H groups in total. The van der Waals surface area contributed by atoms with Crippen molar-refractivity contribution in [2.75, 3.05) is 0 Å². The Morgan fingerprint density at radius 3 is 2.70 bits per heavy atom. The van der Waals surface area contributed by atoms with Crippen LogP contribution in [0.4, 0.5) is 0 Å². The molecule has 20 heavy (non-hydrogen) atoms. The monoisotopic (exact) mass is 277 g/mol. The van der Waals surface area contributed by atoms with Crippen molar-refractivity contribution in [1.29, 1.82) is 0 Å². The average Bonchev–Trinajstić information content (AvgIpc) is 2.38.